The van der Waals surface area contributed by atoms with Crippen molar-refractivity contribution in [3.05, 3.63) is 35.4 Å². The predicted octanol–water partition coefficient (Wildman–Crippen LogP) is 1.83. The molecule has 0 saturated carbocycles. The van der Waals surface area contributed by atoms with Gasteiger partial charge in [-0.15, -0.1) is 0 Å². The van der Waals surface area contributed by atoms with E-state index in [1.54, 1.807) is 0 Å². The second-order valence-corrected chi connectivity index (χ2v) is 4.95. The van der Waals surface area contributed by atoms with Crippen LogP contribution in [0.25, 0.3) is 0 Å². The third-order valence-electron chi connectivity index (χ3n) is 3.64. The van der Waals surface area contributed by atoms with Gasteiger partial charge in [0, 0.05) is 25.4 Å². The first-order valence-electron chi connectivity index (χ1n) is 6.80. The van der Waals surface area contributed by atoms with Gasteiger partial charge in [0.15, 0.2) is 0 Å². The van der Waals surface area contributed by atoms with Crippen molar-refractivity contribution in [2.24, 2.45) is 0 Å². The number of carbonyl (C=O) groups excluding carboxylic acids is 1. The molecule has 1 aliphatic rings. The molecule has 1 atom stereocenters. The molecule has 0 fully saturated rings. The van der Waals surface area contributed by atoms with E-state index in [1.165, 1.54) is 30.4 Å². The number of benzene rings is 1. The number of aryl methyl sites for hydroxylation is 1. The zero-order valence-corrected chi connectivity index (χ0v) is 11.0. The van der Waals surface area contributed by atoms with Crippen LogP contribution in [-0.4, -0.2) is 26.0 Å². The summed E-state index contributed by atoms with van der Waals surface area (Å²) in [7, 11) is 1.87. The van der Waals surface area contributed by atoms with Crippen molar-refractivity contribution >= 4 is 5.91 Å². The van der Waals surface area contributed by atoms with E-state index in [2.05, 4.69) is 34.9 Å². The standard InChI is InChI=1S/C15H22N2O/c1-16-10-9-15(18)17-11-13-7-4-6-12-5-2-3-8-14(12)13/h2-3,5,8,13,16H,4,6-7,9-11H2,1H3,(H,17,18). The van der Waals surface area contributed by atoms with Crippen LogP contribution in [0.3, 0.4) is 0 Å². The van der Waals surface area contributed by atoms with E-state index >= 15 is 0 Å². The molecule has 2 N–H and O–H groups in total. The molecule has 3 nitrogen and oxygen atoms in total. The lowest BCUT2D eigenvalue weighted by atomic mass is 9.83. The van der Waals surface area contributed by atoms with Gasteiger partial charge < -0.3 is 10.6 Å². The molecule has 0 bridgehead atoms. The molecule has 98 valence electrons. The first-order chi connectivity index (χ1) is 8.81. The number of nitrogens with one attached hydrogen (secondary N) is 2. The third-order valence-corrected chi connectivity index (χ3v) is 3.64. The van der Waals surface area contributed by atoms with E-state index in [4.69, 9.17) is 0 Å². The van der Waals surface area contributed by atoms with E-state index in [1.807, 2.05) is 7.05 Å². The summed E-state index contributed by atoms with van der Waals surface area (Å²) in [5.41, 5.74) is 2.89. The second kappa shape index (κ2) is 6.55. The molecular weight excluding hydrogens is 224 g/mol. The van der Waals surface area contributed by atoms with Crippen LogP contribution in [0.5, 0.6) is 0 Å². The number of carbonyl (C=O) groups is 1. The van der Waals surface area contributed by atoms with Crippen molar-refractivity contribution in [2.75, 3.05) is 20.1 Å². The largest absolute Gasteiger partial charge is 0.355 e. The minimum atomic E-state index is 0.146. The van der Waals surface area contributed by atoms with Gasteiger partial charge >= 0.3 is 0 Å². The minimum absolute atomic E-state index is 0.146. The van der Waals surface area contributed by atoms with Crippen LogP contribution in [0, 0.1) is 0 Å². The van der Waals surface area contributed by atoms with Crippen LogP contribution in [0.2, 0.25) is 0 Å². The molecule has 3 heteroatoms. The van der Waals surface area contributed by atoms with Crippen LogP contribution < -0.4 is 10.6 Å². The van der Waals surface area contributed by atoms with Crippen molar-refractivity contribution in [3.8, 4) is 0 Å². The predicted molar refractivity (Wildman–Crippen MR) is 73.7 cm³/mol. The van der Waals surface area contributed by atoms with Gasteiger partial charge in [-0.3, -0.25) is 4.79 Å². The fourth-order valence-electron chi connectivity index (χ4n) is 2.63. The van der Waals surface area contributed by atoms with Crippen molar-refractivity contribution in [1.82, 2.24) is 10.6 Å². The third kappa shape index (κ3) is 3.33. The lowest BCUT2D eigenvalue weighted by molar-refractivity contribution is -0.121. The molecule has 0 spiro atoms. The van der Waals surface area contributed by atoms with Crippen molar-refractivity contribution < 1.29 is 4.79 Å². The van der Waals surface area contributed by atoms with Gasteiger partial charge in [0.2, 0.25) is 5.91 Å². The molecule has 0 aromatic heterocycles. The number of amides is 1. The van der Waals surface area contributed by atoms with Gasteiger partial charge in [-0.2, -0.15) is 0 Å². The highest BCUT2D eigenvalue weighted by Gasteiger charge is 2.19. The quantitative estimate of drug-likeness (QED) is 0.832. The summed E-state index contributed by atoms with van der Waals surface area (Å²) in [5.74, 6) is 0.640. The fourth-order valence-corrected chi connectivity index (χ4v) is 2.63. The molecule has 0 heterocycles. The molecule has 2 rings (SSSR count). The summed E-state index contributed by atoms with van der Waals surface area (Å²) in [4.78, 5) is 11.6. The summed E-state index contributed by atoms with van der Waals surface area (Å²) in [5, 5.41) is 6.04. The Balaban J connectivity index is 1.89. The summed E-state index contributed by atoms with van der Waals surface area (Å²) >= 11 is 0. The zero-order valence-electron chi connectivity index (χ0n) is 11.0. The van der Waals surface area contributed by atoms with Gasteiger partial charge in [0.25, 0.3) is 0 Å². The number of rotatable bonds is 5. The van der Waals surface area contributed by atoms with Crippen LogP contribution in [0.15, 0.2) is 24.3 Å². The fraction of sp³-hybridized carbons (Fsp3) is 0.533. The number of fused-ring (bicyclic) bond motifs is 1. The Hall–Kier alpha value is -1.35. The number of hydrogen-bond donors (Lipinski definition) is 2. The maximum atomic E-state index is 11.6. The van der Waals surface area contributed by atoms with Crippen molar-refractivity contribution in [1.29, 1.82) is 0 Å². The molecule has 1 unspecified atom stereocenters. The maximum Gasteiger partial charge on any atom is 0.221 e. The summed E-state index contributed by atoms with van der Waals surface area (Å²) in [6.07, 6.45) is 4.16. The topological polar surface area (TPSA) is 41.1 Å². The molecule has 18 heavy (non-hydrogen) atoms. The molecule has 0 aliphatic heterocycles. The van der Waals surface area contributed by atoms with Gasteiger partial charge in [-0.05, 0) is 37.4 Å². The molecule has 0 radical (unpaired) electrons. The summed E-state index contributed by atoms with van der Waals surface area (Å²) < 4.78 is 0. The molecule has 1 amide bonds. The van der Waals surface area contributed by atoms with Gasteiger partial charge in [0.1, 0.15) is 0 Å². The average Bonchev–Trinajstić information content (AvgIpc) is 2.42. The zero-order chi connectivity index (χ0) is 12.8. The van der Waals surface area contributed by atoms with Crippen LogP contribution in [-0.2, 0) is 11.2 Å². The Labute approximate surface area is 109 Å². The first kappa shape index (κ1) is 13.1. The van der Waals surface area contributed by atoms with E-state index in [9.17, 15) is 4.79 Å². The van der Waals surface area contributed by atoms with Crippen LogP contribution in [0.4, 0.5) is 0 Å². The normalized spacial score (nSPS) is 18.2. The van der Waals surface area contributed by atoms with E-state index in [-0.39, 0.29) is 5.91 Å². The monoisotopic (exact) mass is 246 g/mol. The highest BCUT2D eigenvalue weighted by molar-refractivity contribution is 5.76. The summed E-state index contributed by atoms with van der Waals surface area (Å²) in [6, 6.07) is 8.62. The Morgan fingerprint density at radius 2 is 2.22 bits per heavy atom. The lowest BCUT2D eigenvalue weighted by Gasteiger charge is -2.25. The molecular formula is C15H22N2O. The van der Waals surface area contributed by atoms with Gasteiger partial charge in [-0.1, -0.05) is 24.3 Å². The molecule has 0 saturated heterocycles. The SMILES string of the molecule is CNCCC(=O)NCC1CCCc2ccccc21. The molecule has 1 aliphatic carbocycles. The number of hydrogen-bond acceptors (Lipinski definition) is 2. The Morgan fingerprint density at radius 3 is 3.06 bits per heavy atom. The van der Waals surface area contributed by atoms with Crippen molar-refractivity contribution in [2.45, 2.75) is 31.6 Å². The highest BCUT2D eigenvalue weighted by atomic mass is 16.1. The summed E-state index contributed by atoms with van der Waals surface area (Å²) in [6.45, 7) is 1.52. The smallest absolute Gasteiger partial charge is 0.221 e. The molecule has 1 aromatic rings. The highest BCUT2D eigenvalue weighted by Crippen LogP contribution is 2.30. The van der Waals surface area contributed by atoms with Crippen LogP contribution >= 0.6 is 0 Å². The Kier molecular flexibility index (Phi) is 4.76. The second-order valence-electron chi connectivity index (χ2n) is 4.95. The van der Waals surface area contributed by atoms with Gasteiger partial charge in [-0.25, -0.2) is 0 Å². The Bertz CT molecular complexity index is 403. The maximum absolute atomic E-state index is 11.6. The first-order valence-corrected chi connectivity index (χ1v) is 6.80. The lowest BCUT2D eigenvalue weighted by Crippen LogP contribution is -2.31. The van der Waals surface area contributed by atoms with E-state index < -0.39 is 0 Å². The minimum Gasteiger partial charge on any atom is -0.355 e. The van der Waals surface area contributed by atoms with E-state index in [0.717, 1.165) is 13.1 Å². The Morgan fingerprint density at radius 1 is 1.39 bits per heavy atom. The average molecular weight is 246 g/mol. The van der Waals surface area contributed by atoms with Crippen LogP contribution in [0.1, 0.15) is 36.3 Å². The van der Waals surface area contributed by atoms with E-state index in [0.29, 0.717) is 12.3 Å². The molecule has 1 aromatic carbocycles. The van der Waals surface area contributed by atoms with Gasteiger partial charge in [0.05, 0.1) is 0 Å². The van der Waals surface area contributed by atoms with Crippen molar-refractivity contribution in [3.63, 3.8) is 0 Å².